The smallest absolute Gasteiger partial charge is 0.264 e. The summed E-state index contributed by atoms with van der Waals surface area (Å²) in [6, 6.07) is 14.2. The van der Waals surface area contributed by atoms with Crippen molar-refractivity contribution in [3.05, 3.63) is 59.7 Å². The lowest BCUT2D eigenvalue weighted by molar-refractivity contribution is -0.100. The number of rotatable bonds is 4. The number of ether oxygens (including phenoxy) is 2. The second kappa shape index (κ2) is 9.08. The molecule has 0 unspecified atom stereocenters. The number of anilines is 2. The van der Waals surface area contributed by atoms with Gasteiger partial charge in [-0.05, 0) is 81.7 Å². The average molecular weight is 538 g/mol. The van der Waals surface area contributed by atoms with E-state index in [0.717, 1.165) is 61.8 Å². The molecule has 6 rings (SSSR count). The van der Waals surface area contributed by atoms with Crippen LogP contribution in [-0.2, 0) is 19.5 Å². The molecule has 0 aromatic heterocycles. The second-order valence-electron chi connectivity index (χ2n) is 12.4. The standard InChI is InChI=1S/C30H39N3O4S/c1-21-7-6-8-26(13-21)38(34,35)33-18-24-17-31(25-19-36-20-25)11-12-32(24)27-10-9-22(14-28(27)33)23-15-29(2,3)37-30(4,5)16-23/h6-10,13-15,24-25H,11-12,16-20H2,1-5H3/t24-/m0/s1. The van der Waals surface area contributed by atoms with Gasteiger partial charge in [-0.2, -0.15) is 0 Å². The number of hydrogen-bond acceptors (Lipinski definition) is 6. The van der Waals surface area contributed by atoms with Gasteiger partial charge in [-0.1, -0.05) is 18.2 Å². The van der Waals surface area contributed by atoms with Crippen LogP contribution in [0, 0.1) is 6.92 Å². The molecule has 204 valence electrons. The fraction of sp³-hybridized carbons (Fsp3) is 0.533. The van der Waals surface area contributed by atoms with Crippen LogP contribution in [0.2, 0.25) is 0 Å². The van der Waals surface area contributed by atoms with E-state index in [2.05, 4.69) is 61.8 Å². The molecule has 2 aromatic carbocycles. The molecule has 0 radical (unpaired) electrons. The van der Waals surface area contributed by atoms with Gasteiger partial charge >= 0.3 is 0 Å². The van der Waals surface area contributed by atoms with E-state index in [1.54, 1.807) is 16.4 Å². The highest BCUT2D eigenvalue weighted by molar-refractivity contribution is 7.92. The molecule has 0 spiro atoms. The van der Waals surface area contributed by atoms with Crippen molar-refractivity contribution in [2.24, 2.45) is 0 Å². The number of piperazine rings is 1. The minimum absolute atomic E-state index is 0.0856. The lowest BCUT2D eigenvalue weighted by Gasteiger charge is -2.51. The minimum Gasteiger partial charge on any atom is -0.378 e. The van der Waals surface area contributed by atoms with Crippen molar-refractivity contribution >= 4 is 27.0 Å². The third kappa shape index (κ3) is 4.66. The molecule has 8 heteroatoms. The largest absolute Gasteiger partial charge is 0.378 e. The summed E-state index contributed by atoms with van der Waals surface area (Å²) in [6.07, 6.45) is 2.95. The number of sulfonamides is 1. The third-order valence-electron chi connectivity index (χ3n) is 8.21. The zero-order valence-corrected chi connectivity index (χ0v) is 23.9. The summed E-state index contributed by atoms with van der Waals surface area (Å²) >= 11 is 0. The molecule has 4 aliphatic rings. The van der Waals surface area contributed by atoms with Crippen molar-refractivity contribution in [3.8, 4) is 0 Å². The second-order valence-corrected chi connectivity index (χ2v) is 14.3. The Kier molecular flexibility index (Phi) is 6.18. The zero-order chi connectivity index (χ0) is 26.9. The van der Waals surface area contributed by atoms with Gasteiger partial charge in [0.25, 0.3) is 10.0 Å². The van der Waals surface area contributed by atoms with E-state index in [1.165, 1.54) is 5.57 Å². The molecule has 0 amide bonds. The van der Waals surface area contributed by atoms with Crippen molar-refractivity contribution in [1.82, 2.24) is 4.90 Å². The Balaban J connectivity index is 1.44. The Morgan fingerprint density at radius 2 is 1.71 bits per heavy atom. The maximum absolute atomic E-state index is 14.2. The minimum atomic E-state index is -3.75. The predicted molar refractivity (Wildman–Crippen MR) is 151 cm³/mol. The topological polar surface area (TPSA) is 62.3 Å². The number of benzene rings is 2. The number of aryl methyl sites for hydroxylation is 1. The van der Waals surface area contributed by atoms with Gasteiger partial charge in [0, 0.05) is 26.1 Å². The van der Waals surface area contributed by atoms with Gasteiger partial charge < -0.3 is 14.4 Å². The van der Waals surface area contributed by atoms with Gasteiger partial charge in [-0.3, -0.25) is 9.21 Å². The van der Waals surface area contributed by atoms with Crippen molar-refractivity contribution in [2.75, 3.05) is 48.6 Å². The lowest BCUT2D eigenvalue weighted by atomic mass is 9.85. The van der Waals surface area contributed by atoms with Crippen molar-refractivity contribution < 1.29 is 17.9 Å². The molecule has 2 fully saturated rings. The van der Waals surface area contributed by atoms with Crippen LogP contribution < -0.4 is 9.21 Å². The average Bonchev–Trinajstić information content (AvgIpc) is 2.80. The van der Waals surface area contributed by atoms with Gasteiger partial charge in [0.05, 0.1) is 59.3 Å². The maximum Gasteiger partial charge on any atom is 0.264 e. The first-order valence-corrected chi connectivity index (χ1v) is 15.1. The molecule has 4 heterocycles. The first kappa shape index (κ1) is 25.9. The Morgan fingerprint density at radius 3 is 2.39 bits per heavy atom. The molecule has 0 saturated carbocycles. The van der Waals surface area contributed by atoms with Crippen molar-refractivity contribution in [2.45, 2.75) is 69.2 Å². The SMILES string of the molecule is Cc1cccc(S(=O)(=O)N2C[C@@H]3CN(C4COC4)CCN3c3ccc(C4=CC(C)(C)OC(C)(C)C4)cc32)c1. The van der Waals surface area contributed by atoms with Crippen LogP contribution in [-0.4, -0.2) is 76.0 Å². The summed E-state index contributed by atoms with van der Waals surface area (Å²) in [5, 5.41) is 0. The van der Waals surface area contributed by atoms with E-state index < -0.39 is 15.6 Å². The summed E-state index contributed by atoms with van der Waals surface area (Å²) in [6.45, 7) is 15.0. The van der Waals surface area contributed by atoms with Gasteiger partial charge in [-0.15, -0.1) is 0 Å². The quantitative estimate of drug-likeness (QED) is 0.574. The fourth-order valence-corrected chi connectivity index (χ4v) is 8.21. The van der Waals surface area contributed by atoms with E-state index >= 15 is 0 Å². The Labute approximate surface area is 227 Å². The molecule has 0 aliphatic carbocycles. The highest BCUT2D eigenvalue weighted by atomic mass is 32.2. The summed E-state index contributed by atoms with van der Waals surface area (Å²) in [5.74, 6) is 0. The molecule has 2 aromatic rings. The molecule has 7 nitrogen and oxygen atoms in total. The Hall–Kier alpha value is -2.39. The van der Waals surface area contributed by atoms with Crippen LogP contribution in [0.25, 0.3) is 5.57 Å². The van der Waals surface area contributed by atoms with Crippen molar-refractivity contribution in [1.29, 1.82) is 0 Å². The molecular weight excluding hydrogens is 498 g/mol. The van der Waals surface area contributed by atoms with Crippen LogP contribution in [0.15, 0.2) is 53.4 Å². The van der Waals surface area contributed by atoms with E-state index in [-0.39, 0.29) is 11.6 Å². The highest BCUT2D eigenvalue weighted by Gasteiger charge is 2.42. The summed E-state index contributed by atoms with van der Waals surface area (Å²) < 4.78 is 41.8. The normalized spacial score (nSPS) is 25.3. The van der Waals surface area contributed by atoms with Gasteiger partial charge in [0.2, 0.25) is 0 Å². The summed E-state index contributed by atoms with van der Waals surface area (Å²) in [4.78, 5) is 5.23. The molecule has 2 saturated heterocycles. The van der Waals surface area contributed by atoms with E-state index in [4.69, 9.17) is 9.47 Å². The summed E-state index contributed by atoms with van der Waals surface area (Å²) in [5.41, 5.74) is 4.25. The van der Waals surface area contributed by atoms with Crippen LogP contribution >= 0.6 is 0 Å². The highest BCUT2D eigenvalue weighted by Crippen LogP contribution is 2.44. The van der Waals surface area contributed by atoms with E-state index in [1.807, 2.05) is 19.1 Å². The maximum atomic E-state index is 14.2. The van der Waals surface area contributed by atoms with Gasteiger partial charge in [0.1, 0.15) is 0 Å². The molecule has 38 heavy (non-hydrogen) atoms. The van der Waals surface area contributed by atoms with Crippen LogP contribution in [0.3, 0.4) is 0 Å². The Morgan fingerprint density at radius 1 is 0.921 bits per heavy atom. The fourth-order valence-electron chi connectivity index (χ4n) is 6.60. The third-order valence-corrected chi connectivity index (χ3v) is 9.98. The van der Waals surface area contributed by atoms with E-state index in [9.17, 15) is 8.42 Å². The Bertz CT molecular complexity index is 1380. The predicted octanol–water partition coefficient (Wildman–Crippen LogP) is 4.45. The lowest BCUT2D eigenvalue weighted by Crippen LogP contribution is -2.64. The van der Waals surface area contributed by atoms with Gasteiger partial charge in [0.15, 0.2) is 0 Å². The zero-order valence-electron chi connectivity index (χ0n) is 23.1. The number of fused-ring (bicyclic) bond motifs is 3. The van der Waals surface area contributed by atoms with Crippen LogP contribution in [0.4, 0.5) is 11.4 Å². The van der Waals surface area contributed by atoms with Crippen molar-refractivity contribution in [3.63, 3.8) is 0 Å². The molecule has 4 aliphatic heterocycles. The first-order chi connectivity index (χ1) is 17.9. The number of nitrogens with zero attached hydrogens (tertiary/aromatic N) is 3. The van der Waals surface area contributed by atoms with Crippen LogP contribution in [0.5, 0.6) is 0 Å². The van der Waals surface area contributed by atoms with E-state index in [0.29, 0.717) is 17.5 Å². The van der Waals surface area contributed by atoms with Gasteiger partial charge in [-0.25, -0.2) is 8.42 Å². The molecule has 1 atom stereocenters. The summed E-state index contributed by atoms with van der Waals surface area (Å²) in [7, 11) is -3.75. The molecule has 0 bridgehead atoms. The molecule has 0 N–H and O–H groups in total. The first-order valence-electron chi connectivity index (χ1n) is 13.7. The van der Waals surface area contributed by atoms with Crippen LogP contribution in [0.1, 0.15) is 45.2 Å². The molecular formula is C30H39N3O4S. The monoisotopic (exact) mass is 537 g/mol. The number of hydrogen-bond donors (Lipinski definition) is 0.